The summed E-state index contributed by atoms with van der Waals surface area (Å²) in [6, 6.07) is 3.42. The van der Waals surface area contributed by atoms with E-state index in [1.165, 1.54) is 4.52 Å². The molecule has 0 aliphatic heterocycles. The molecule has 2 aromatic heterocycles. The van der Waals surface area contributed by atoms with Crippen LogP contribution in [0.5, 0.6) is 0 Å². The summed E-state index contributed by atoms with van der Waals surface area (Å²) in [6.07, 6.45) is 0.788. The maximum Gasteiger partial charge on any atom is 0.272 e. The molecule has 0 saturated heterocycles. The van der Waals surface area contributed by atoms with Crippen LogP contribution in [0.3, 0.4) is 0 Å². The number of fused-ring (bicyclic) bond motifs is 1. The van der Waals surface area contributed by atoms with E-state index in [2.05, 4.69) is 10.1 Å². The molecule has 1 N–H and O–H groups in total. The SMILES string of the molecule is CCc1cc(=O)n2[nH]c(C)cc2n1. The Hall–Kier alpha value is -1.58. The van der Waals surface area contributed by atoms with Crippen molar-refractivity contribution in [3.8, 4) is 0 Å². The Morgan fingerprint density at radius 2 is 2.31 bits per heavy atom. The second-order valence-corrected chi connectivity index (χ2v) is 3.07. The molecule has 0 spiro atoms. The molecule has 0 aromatic carbocycles. The Morgan fingerprint density at radius 3 is 3.00 bits per heavy atom. The molecular weight excluding hydrogens is 166 g/mol. The maximum absolute atomic E-state index is 11.5. The average Bonchev–Trinajstić information content (AvgIpc) is 2.46. The van der Waals surface area contributed by atoms with Gasteiger partial charge in [-0.3, -0.25) is 9.89 Å². The lowest BCUT2D eigenvalue weighted by Crippen LogP contribution is -2.15. The number of H-pyrrole nitrogens is 1. The van der Waals surface area contributed by atoms with Crippen LogP contribution in [0.4, 0.5) is 0 Å². The van der Waals surface area contributed by atoms with Crippen LogP contribution in [0, 0.1) is 6.92 Å². The van der Waals surface area contributed by atoms with Crippen LogP contribution >= 0.6 is 0 Å². The van der Waals surface area contributed by atoms with Gasteiger partial charge in [0.1, 0.15) is 0 Å². The molecule has 68 valence electrons. The summed E-state index contributed by atoms with van der Waals surface area (Å²) in [5, 5.41) is 2.92. The second-order valence-electron chi connectivity index (χ2n) is 3.07. The van der Waals surface area contributed by atoms with E-state index in [1.807, 2.05) is 19.9 Å². The molecule has 0 radical (unpaired) electrons. The summed E-state index contributed by atoms with van der Waals surface area (Å²) in [6.45, 7) is 3.89. The van der Waals surface area contributed by atoms with Crippen LogP contribution in [0.15, 0.2) is 16.9 Å². The summed E-state index contributed by atoms with van der Waals surface area (Å²) in [4.78, 5) is 15.8. The van der Waals surface area contributed by atoms with Crippen molar-refractivity contribution in [1.29, 1.82) is 0 Å². The van der Waals surface area contributed by atoms with Crippen LogP contribution in [-0.2, 0) is 6.42 Å². The van der Waals surface area contributed by atoms with Crippen molar-refractivity contribution in [3.63, 3.8) is 0 Å². The minimum atomic E-state index is -0.0463. The predicted octanol–water partition coefficient (Wildman–Crippen LogP) is 0.893. The van der Waals surface area contributed by atoms with Crippen LogP contribution in [0.2, 0.25) is 0 Å². The van der Waals surface area contributed by atoms with Crippen molar-refractivity contribution in [1.82, 2.24) is 14.6 Å². The Morgan fingerprint density at radius 1 is 1.54 bits per heavy atom. The highest BCUT2D eigenvalue weighted by molar-refractivity contribution is 5.39. The quantitative estimate of drug-likeness (QED) is 0.703. The van der Waals surface area contributed by atoms with Crippen molar-refractivity contribution in [2.24, 2.45) is 0 Å². The Balaban J connectivity index is 2.83. The van der Waals surface area contributed by atoms with E-state index in [0.29, 0.717) is 5.65 Å². The minimum absolute atomic E-state index is 0.0463. The van der Waals surface area contributed by atoms with Crippen molar-refractivity contribution in [2.75, 3.05) is 0 Å². The van der Waals surface area contributed by atoms with Gasteiger partial charge in [-0.1, -0.05) is 6.92 Å². The van der Waals surface area contributed by atoms with Gasteiger partial charge in [0.15, 0.2) is 5.65 Å². The lowest BCUT2D eigenvalue weighted by molar-refractivity contribution is 0.862. The zero-order chi connectivity index (χ0) is 9.42. The van der Waals surface area contributed by atoms with E-state index in [1.54, 1.807) is 6.07 Å². The molecule has 0 unspecified atom stereocenters. The van der Waals surface area contributed by atoms with Crippen molar-refractivity contribution in [2.45, 2.75) is 20.3 Å². The van der Waals surface area contributed by atoms with Gasteiger partial charge in [0, 0.05) is 23.5 Å². The van der Waals surface area contributed by atoms with Gasteiger partial charge < -0.3 is 0 Å². The number of nitrogens with one attached hydrogen (secondary N) is 1. The third-order valence-corrected chi connectivity index (χ3v) is 1.99. The van der Waals surface area contributed by atoms with Gasteiger partial charge in [-0.15, -0.1) is 0 Å². The highest BCUT2D eigenvalue weighted by Gasteiger charge is 2.02. The molecule has 0 aliphatic rings. The first-order valence-corrected chi connectivity index (χ1v) is 4.29. The van der Waals surface area contributed by atoms with E-state index in [-0.39, 0.29) is 5.56 Å². The van der Waals surface area contributed by atoms with E-state index in [0.717, 1.165) is 17.8 Å². The fourth-order valence-corrected chi connectivity index (χ4v) is 1.34. The standard InChI is InChI=1S/C9H11N3O/c1-3-7-5-9(13)12-8(10-7)4-6(2)11-12/h4-5,11H,3H2,1-2H3. The fraction of sp³-hybridized carbons (Fsp3) is 0.333. The first kappa shape index (κ1) is 8.04. The largest absolute Gasteiger partial charge is 0.294 e. The molecule has 0 fully saturated rings. The zero-order valence-electron chi connectivity index (χ0n) is 7.66. The van der Waals surface area contributed by atoms with E-state index >= 15 is 0 Å². The van der Waals surface area contributed by atoms with Gasteiger partial charge in [0.2, 0.25) is 0 Å². The van der Waals surface area contributed by atoms with Crippen LogP contribution in [-0.4, -0.2) is 14.6 Å². The van der Waals surface area contributed by atoms with Crippen molar-refractivity contribution in [3.05, 3.63) is 33.9 Å². The van der Waals surface area contributed by atoms with Crippen LogP contribution in [0.25, 0.3) is 5.65 Å². The van der Waals surface area contributed by atoms with Gasteiger partial charge in [-0.25, -0.2) is 9.50 Å². The van der Waals surface area contributed by atoms with Gasteiger partial charge in [-0.2, -0.15) is 0 Å². The second kappa shape index (κ2) is 2.73. The summed E-state index contributed by atoms with van der Waals surface area (Å²) in [7, 11) is 0. The Labute approximate surface area is 75.2 Å². The minimum Gasteiger partial charge on any atom is -0.294 e. The molecule has 13 heavy (non-hydrogen) atoms. The summed E-state index contributed by atoms with van der Waals surface area (Å²) < 4.78 is 1.45. The number of aromatic nitrogens is 3. The summed E-state index contributed by atoms with van der Waals surface area (Å²) in [5.41, 5.74) is 2.43. The molecule has 0 bridgehead atoms. The van der Waals surface area contributed by atoms with E-state index in [4.69, 9.17) is 0 Å². The van der Waals surface area contributed by atoms with Gasteiger partial charge in [-0.05, 0) is 13.3 Å². The van der Waals surface area contributed by atoms with Crippen molar-refractivity contribution < 1.29 is 0 Å². The molecule has 2 aromatic rings. The monoisotopic (exact) mass is 177 g/mol. The normalized spacial score (nSPS) is 10.9. The van der Waals surface area contributed by atoms with E-state index in [9.17, 15) is 4.79 Å². The third kappa shape index (κ3) is 1.24. The highest BCUT2D eigenvalue weighted by atomic mass is 16.1. The summed E-state index contributed by atoms with van der Waals surface area (Å²) >= 11 is 0. The third-order valence-electron chi connectivity index (χ3n) is 1.99. The number of hydrogen-bond donors (Lipinski definition) is 1. The topological polar surface area (TPSA) is 50.2 Å². The number of nitrogens with zero attached hydrogens (tertiary/aromatic N) is 2. The van der Waals surface area contributed by atoms with Gasteiger partial charge in [0.05, 0.1) is 0 Å². The predicted molar refractivity (Wildman–Crippen MR) is 49.9 cm³/mol. The molecule has 0 amide bonds. The lowest BCUT2D eigenvalue weighted by Gasteiger charge is -1.95. The Bertz CT molecular complexity index is 495. The number of hydrogen-bond acceptors (Lipinski definition) is 2. The van der Waals surface area contributed by atoms with Gasteiger partial charge in [0.25, 0.3) is 5.56 Å². The summed E-state index contributed by atoms with van der Waals surface area (Å²) in [5.74, 6) is 0. The fourth-order valence-electron chi connectivity index (χ4n) is 1.34. The molecule has 4 heteroatoms. The lowest BCUT2D eigenvalue weighted by atomic mass is 10.3. The molecule has 0 saturated carbocycles. The average molecular weight is 177 g/mol. The van der Waals surface area contributed by atoms with Crippen LogP contribution in [0.1, 0.15) is 18.3 Å². The van der Waals surface area contributed by atoms with Crippen molar-refractivity contribution >= 4 is 5.65 Å². The molecular formula is C9H11N3O. The number of aromatic amines is 1. The Kier molecular flexibility index (Phi) is 1.69. The number of rotatable bonds is 1. The molecule has 2 heterocycles. The maximum atomic E-state index is 11.5. The smallest absolute Gasteiger partial charge is 0.272 e. The van der Waals surface area contributed by atoms with Crippen LogP contribution < -0.4 is 5.56 Å². The number of aryl methyl sites for hydroxylation is 2. The molecule has 2 rings (SSSR count). The van der Waals surface area contributed by atoms with E-state index < -0.39 is 0 Å². The first-order valence-electron chi connectivity index (χ1n) is 4.29. The molecule has 4 nitrogen and oxygen atoms in total. The first-order chi connectivity index (χ1) is 6.20. The van der Waals surface area contributed by atoms with Gasteiger partial charge >= 0.3 is 0 Å². The molecule has 0 atom stereocenters. The zero-order valence-corrected chi connectivity index (χ0v) is 7.66. The molecule has 0 aliphatic carbocycles. The highest BCUT2D eigenvalue weighted by Crippen LogP contribution is 2.01.